The van der Waals surface area contributed by atoms with Gasteiger partial charge in [-0.15, -0.1) is 0 Å². The number of piperazine rings is 1. The van der Waals surface area contributed by atoms with Crippen molar-refractivity contribution in [2.45, 2.75) is 13.5 Å². The number of ether oxygens (including phenoxy) is 1. The molecule has 1 aliphatic heterocycles. The number of rotatable bonds is 7. The van der Waals surface area contributed by atoms with Crippen LogP contribution in [0, 0.1) is 0 Å². The fourth-order valence-electron chi connectivity index (χ4n) is 4.51. The zero-order valence-electron chi connectivity index (χ0n) is 19.9. The first-order chi connectivity index (χ1) is 17.2. The number of nitrogens with one attached hydrogen (secondary N) is 1. The quantitative estimate of drug-likeness (QED) is 0.428. The van der Waals surface area contributed by atoms with Crippen LogP contribution >= 0.6 is 0 Å². The van der Waals surface area contributed by atoms with Gasteiger partial charge in [0.2, 0.25) is 0 Å². The van der Waals surface area contributed by atoms with E-state index in [1.165, 1.54) is 11.9 Å². The molecule has 5 rings (SSSR count). The Bertz CT molecular complexity index is 1300. The predicted octanol–water partition coefficient (Wildman–Crippen LogP) is 4.60. The lowest BCUT2D eigenvalue weighted by Crippen LogP contribution is -2.46. The standard InChI is InChI=1S/C28H29N5O2/c1-2-35-24-13-12-22-10-6-7-11-23(22)27(24)28(34)31-25-18-26(30-20-29-25)33-16-14-32(15-17-33)19-21-8-4-3-5-9-21/h3-13,18,20H,2,14-17,19H2,1H3,(H,29,30,31,34). The number of benzene rings is 3. The van der Waals surface area contributed by atoms with Crippen molar-refractivity contribution in [3.05, 3.63) is 90.3 Å². The van der Waals surface area contributed by atoms with Gasteiger partial charge in [-0.25, -0.2) is 9.97 Å². The number of nitrogens with zero attached hydrogens (tertiary/aromatic N) is 4. The van der Waals surface area contributed by atoms with Crippen LogP contribution in [0.15, 0.2) is 79.1 Å². The van der Waals surface area contributed by atoms with Gasteiger partial charge < -0.3 is 15.0 Å². The maximum Gasteiger partial charge on any atom is 0.261 e. The summed E-state index contributed by atoms with van der Waals surface area (Å²) >= 11 is 0. The molecule has 0 radical (unpaired) electrons. The van der Waals surface area contributed by atoms with Crippen LogP contribution in [0.25, 0.3) is 10.8 Å². The summed E-state index contributed by atoms with van der Waals surface area (Å²) in [7, 11) is 0. The lowest BCUT2D eigenvalue weighted by molar-refractivity contribution is 0.102. The molecule has 0 saturated carbocycles. The number of hydrogen-bond donors (Lipinski definition) is 1. The van der Waals surface area contributed by atoms with Gasteiger partial charge in [0.05, 0.1) is 12.2 Å². The van der Waals surface area contributed by atoms with Crippen LogP contribution in [0.2, 0.25) is 0 Å². The highest BCUT2D eigenvalue weighted by atomic mass is 16.5. The normalized spacial score (nSPS) is 14.1. The van der Waals surface area contributed by atoms with Crippen molar-refractivity contribution in [2.75, 3.05) is 43.0 Å². The van der Waals surface area contributed by atoms with Crippen molar-refractivity contribution < 1.29 is 9.53 Å². The zero-order chi connectivity index (χ0) is 24.0. The highest BCUT2D eigenvalue weighted by Gasteiger charge is 2.20. The minimum Gasteiger partial charge on any atom is -0.493 e. The average molecular weight is 468 g/mol. The minimum absolute atomic E-state index is 0.248. The lowest BCUT2D eigenvalue weighted by atomic mass is 10.0. The summed E-state index contributed by atoms with van der Waals surface area (Å²) in [5, 5.41) is 4.79. The third-order valence-electron chi connectivity index (χ3n) is 6.26. The molecule has 3 aromatic carbocycles. The summed E-state index contributed by atoms with van der Waals surface area (Å²) in [6.07, 6.45) is 1.51. The Hall–Kier alpha value is -3.97. The van der Waals surface area contributed by atoms with E-state index in [1.807, 2.05) is 55.5 Å². The van der Waals surface area contributed by atoms with E-state index in [-0.39, 0.29) is 5.91 Å². The molecule has 1 N–H and O–H groups in total. The first kappa shape index (κ1) is 22.8. The highest BCUT2D eigenvalue weighted by Crippen LogP contribution is 2.29. The fraction of sp³-hybridized carbons (Fsp3) is 0.250. The van der Waals surface area contributed by atoms with Crippen LogP contribution in [-0.4, -0.2) is 53.6 Å². The maximum atomic E-state index is 13.4. The number of anilines is 2. The fourth-order valence-corrected chi connectivity index (χ4v) is 4.51. The van der Waals surface area contributed by atoms with Crippen molar-refractivity contribution in [1.29, 1.82) is 0 Å². The molecule has 4 aromatic rings. The summed E-state index contributed by atoms with van der Waals surface area (Å²) in [6.45, 7) is 6.99. The molecule has 7 nitrogen and oxygen atoms in total. The van der Waals surface area contributed by atoms with Gasteiger partial charge in [-0.1, -0.05) is 60.7 Å². The first-order valence-electron chi connectivity index (χ1n) is 12.0. The molecule has 7 heteroatoms. The maximum absolute atomic E-state index is 13.4. The topological polar surface area (TPSA) is 70.6 Å². The summed E-state index contributed by atoms with van der Waals surface area (Å²) < 4.78 is 5.77. The number of carbonyl (C=O) groups excluding carboxylic acids is 1. The van der Waals surface area contributed by atoms with E-state index < -0.39 is 0 Å². The molecule has 1 saturated heterocycles. The van der Waals surface area contributed by atoms with E-state index in [0.29, 0.717) is 23.7 Å². The Morgan fingerprint density at radius 3 is 2.51 bits per heavy atom. The van der Waals surface area contributed by atoms with E-state index in [9.17, 15) is 4.79 Å². The molecule has 35 heavy (non-hydrogen) atoms. The second-order valence-electron chi connectivity index (χ2n) is 8.56. The number of fused-ring (bicyclic) bond motifs is 1. The Morgan fingerprint density at radius 1 is 0.943 bits per heavy atom. The van der Waals surface area contributed by atoms with Crippen LogP contribution in [0.1, 0.15) is 22.8 Å². The van der Waals surface area contributed by atoms with E-state index in [0.717, 1.165) is 49.3 Å². The molecule has 0 unspecified atom stereocenters. The lowest BCUT2D eigenvalue weighted by Gasteiger charge is -2.35. The Labute approximate surface area is 205 Å². The number of aromatic nitrogens is 2. The van der Waals surface area contributed by atoms with Gasteiger partial charge in [0.15, 0.2) is 0 Å². The summed E-state index contributed by atoms with van der Waals surface area (Å²) in [4.78, 5) is 26.8. The Balaban J connectivity index is 1.29. The monoisotopic (exact) mass is 467 g/mol. The summed E-state index contributed by atoms with van der Waals surface area (Å²) in [6, 6.07) is 24.0. The second-order valence-corrected chi connectivity index (χ2v) is 8.56. The Morgan fingerprint density at radius 2 is 1.71 bits per heavy atom. The molecule has 0 bridgehead atoms. The molecule has 1 amide bonds. The first-order valence-corrected chi connectivity index (χ1v) is 12.0. The molecule has 178 valence electrons. The Kier molecular flexibility index (Phi) is 6.86. The van der Waals surface area contributed by atoms with Gasteiger partial charge in [0.25, 0.3) is 5.91 Å². The van der Waals surface area contributed by atoms with E-state index in [2.05, 4.69) is 49.4 Å². The highest BCUT2D eigenvalue weighted by molar-refractivity contribution is 6.14. The predicted molar refractivity (Wildman–Crippen MR) is 139 cm³/mol. The largest absolute Gasteiger partial charge is 0.493 e. The van der Waals surface area contributed by atoms with Crippen molar-refractivity contribution in [3.8, 4) is 5.75 Å². The SMILES string of the molecule is CCOc1ccc2ccccc2c1C(=O)Nc1cc(N2CCN(Cc3ccccc3)CC2)ncn1. The molecule has 1 aromatic heterocycles. The summed E-state index contributed by atoms with van der Waals surface area (Å²) in [5.41, 5.74) is 1.84. The van der Waals surface area contributed by atoms with Crippen LogP contribution in [0.3, 0.4) is 0 Å². The van der Waals surface area contributed by atoms with Crippen LogP contribution in [0.4, 0.5) is 11.6 Å². The molecular weight excluding hydrogens is 438 g/mol. The van der Waals surface area contributed by atoms with E-state index in [4.69, 9.17) is 4.74 Å². The molecule has 2 heterocycles. The molecule has 0 spiro atoms. The number of amides is 1. The minimum atomic E-state index is -0.248. The average Bonchev–Trinajstić information content (AvgIpc) is 2.90. The molecule has 1 aliphatic rings. The van der Waals surface area contributed by atoms with E-state index in [1.54, 1.807) is 0 Å². The van der Waals surface area contributed by atoms with Gasteiger partial charge in [-0.2, -0.15) is 0 Å². The van der Waals surface area contributed by atoms with Crippen molar-refractivity contribution in [2.24, 2.45) is 0 Å². The molecule has 1 fully saturated rings. The molecule has 0 atom stereocenters. The van der Waals surface area contributed by atoms with Crippen molar-refractivity contribution in [1.82, 2.24) is 14.9 Å². The zero-order valence-corrected chi connectivity index (χ0v) is 19.9. The second kappa shape index (κ2) is 10.5. The van der Waals surface area contributed by atoms with Crippen LogP contribution < -0.4 is 15.0 Å². The van der Waals surface area contributed by atoms with Crippen molar-refractivity contribution in [3.63, 3.8) is 0 Å². The van der Waals surface area contributed by atoms with Gasteiger partial charge in [0.1, 0.15) is 23.7 Å². The van der Waals surface area contributed by atoms with Gasteiger partial charge >= 0.3 is 0 Å². The molecular formula is C28H29N5O2. The third kappa shape index (κ3) is 5.25. The van der Waals surface area contributed by atoms with Gasteiger partial charge in [-0.05, 0) is 29.3 Å². The van der Waals surface area contributed by atoms with Crippen LogP contribution in [0.5, 0.6) is 5.75 Å². The van der Waals surface area contributed by atoms with Gasteiger partial charge in [0, 0.05) is 38.8 Å². The molecule has 0 aliphatic carbocycles. The van der Waals surface area contributed by atoms with Crippen LogP contribution in [-0.2, 0) is 6.54 Å². The van der Waals surface area contributed by atoms with Crippen molar-refractivity contribution >= 4 is 28.3 Å². The van der Waals surface area contributed by atoms with E-state index >= 15 is 0 Å². The number of hydrogen-bond acceptors (Lipinski definition) is 6. The number of carbonyl (C=O) groups is 1. The third-order valence-corrected chi connectivity index (χ3v) is 6.26. The van der Waals surface area contributed by atoms with Gasteiger partial charge in [-0.3, -0.25) is 9.69 Å². The smallest absolute Gasteiger partial charge is 0.261 e. The summed E-state index contributed by atoms with van der Waals surface area (Å²) in [5.74, 6) is 1.61.